The zero-order chi connectivity index (χ0) is 27.5. The van der Waals surface area contributed by atoms with Crippen molar-refractivity contribution in [2.45, 2.75) is 51.6 Å². The van der Waals surface area contributed by atoms with Gasteiger partial charge in [0.1, 0.15) is 18.1 Å². The Kier molecular flexibility index (Phi) is 8.52. The van der Waals surface area contributed by atoms with E-state index < -0.39 is 25.1 Å². The lowest BCUT2D eigenvalue weighted by Crippen LogP contribution is -2.46. The Balaban J connectivity index is 1.46. The van der Waals surface area contributed by atoms with Crippen molar-refractivity contribution in [1.82, 2.24) is 4.90 Å². The predicted molar refractivity (Wildman–Crippen MR) is 147 cm³/mol. The summed E-state index contributed by atoms with van der Waals surface area (Å²) >= 11 is 0. The SMILES string of the molecule is CCCN1C(=O)[C@@H]2[C@@H](CC(COC)=C3[C@@H](CC/C(=C/c4ccc(CO)o4)c4ccccc4)OB(O)C[C@@H]32)C1=O. The van der Waals surface area contributed by atoms with Crippen molar-refractivity contribution in [3.05, 3.63) is 70.7 Å². The van der Waals surface area contributed by atoms with Gasteiger partial charge in [0.2, 0.25) is 11.8 Å². The standard InChI is InChI=1S/C30H36BNO7/c1-3-13-32-29(34)24-15-21(18-37-2)27-25(28(24)30(32)35)16-31(36)39-26(27)12-9-20(19-7-5-4-6-8-19)14-22-10-11-23(17-33)38-22/h4-8,10-11,14,24-26,28,33,36H,3,9,12-13,15-18H2,1-2H3/b20-14-/t24-,25+,26-,28-/m1/s1. The second-order valence-electron chi connectivity index (χ2n) is 10.6. The highest BCUT2D eigenvalue weighted by molar-refractivity contribution is 6.43. The van der Waals surface area contributed by atoms with Crippen LogP contribution in [-0.2, 0) is 25.6 Å². The van der Waals surface area contributed by atoms with Gasteiger partial charge < -0.3 is 23.9 Å². The van der Waals surface area contributed by atoms with Gasteiger partial charge in [0, 0.05) is 13.7 Å². The minimum atomic E-state index is -1.02. The number of furan rings is 1. The van der Waals surface area contributed by atoms with Crippen molar-refractivity contribution < 1.29 is 33.5 Å². The molecule has 2 aromatic rings. The molecule has 3 heterocycles. The van der Waals surface area contributed by atoms with Crippen LogP contribution >= 0.6 is 0 Å². The first-order valence-corrected chi connectivity index (χ1v) is 13.8. The third kappa shape index (κ3) is 5.54. The van der Waals surface area contributed by atoms with Gasteiger partial charge in [0.25, 0.3) is 0 Å². The van der Waals surface area contributed by atoms with Crippen LogP contribution in [0.2, 0.25) is 6.32 Å². The molecule has 3 aliphatic rings. The molecule has 8 nitrogen and oxygen atoms in total. The number of imide groups is 1. The number of carbonyl (C=O) groups excluding carboxylic acids is 2. The fourth-order valence-electron chi connectivity index (χ4n) is 6.55. The van der Waals surface area contributed by atoms with Crippen molar-refractivity contribution in [3.63, 3.8) is 0 Å². The molecule has 2 saturated heterocycles. The van der Waals surface area contributed by atoms with Gasteiger partial charge >= 0.3 is 7.12 Å². The molecule has 1 aromatic carbocycles. The molecule has 0 unspecified atom stereocenters. The molecule has 0 bridgehead atoms. The van der Waals surface area contributed by atoms with Crippen LogP contribution in [0.15, 0.2) is 58.0 Å². The molecule has 206 valence electrons. The third-order valence-corrected chi connectivity index (χ3v) is 8.14. The zero-order valence-corrected chi connectivity index (χ0v) is 22.5. The number of hydrogen-bond acceptors (Lipinski definition) is 7. The summed E-state index contributed by atoms with van der Waals surface area (Å²) in [5.74, 6) is -0.228. The number of nitrogens with zero attached hydrogens (tertiary/aromatic N) is 1. The number of likely N-dealkylation sites (tertiary alicyclic amines) is 1. The lowest BCUT2D eigenvalue weighted by molar-refractivity contribution is -0.140. The van der Waals surface area contributed by atoms with Crippen molar-refractivity contribution in [2.24, 2.45) is 17.8 Å². The Labute approximate surface area is 229 Å². The monoisotopic (exact) mass is 533 g/mol. The van der Waals surface area contributed by atoms with Gasteiger partial charge in [-0.1, -0.05) is 37.3 Å². The average Bonchev–Trinajstić information content (AvgIpc) is 3.49. The lowest BCUT2D eigenvalue weighted by atomic mass is 9.58. The molecule has 2 amide bonds. The highest BCUT2D eigenvalue weighted by atomic mass is 16.5. The van der Waals surface area contributed by atoms with E-state index in [1.807, 2.05) is 49.4 Å². The van der Waals surface area contributed by atoms with Crippen LogP contribution in [0.5, 0.6) is 0 Å². The summed E-state index contributed by atoms with van der Waals surface area (Å²) in [6.07, 6.45) is 4.22. The number of benzene rings is 1. The number of hydrogen-bond donors (Lipinski definition) is 2. The van der Waals surface area contributed by atoms with E-state index in [0.29, 0.717) is 50.4 Å². The van der Waals surface area contributed by atoms with Crippen molar-refractivity contribution >= 4 is 30.6 Å². The molecular formula is C30H36BNO7. The van der Waals surface area contributed by atoms with Gasteiger partial charge in [0.05, 0.1) is 24.5 Å². The summed E-state index contributed by atoms with van der Waals surface area (Å²) in [7, 11) is 0.615. The van der Waals surface area contributed by atoms with Crippen LogP contribution in [0.25, 0.3) is 11.6 Å². The summed E-state index contributed by atoms with van der Waals surface area (Å²) in [6.45, 7) is 2.57. The van der Waals surface area contributed by atoms with E-state index in [9.17, 15) is 19.7 Å². The van der Waals surface area contributed by atoms with Crippen molar-refractivity contribution in [3.8, 4) is 0 Å². The van der Waals surface area contributed by atoms with Gasteiger partial charge in [-0.2, -0.15) is 0 Å². The second kappa shape index (κ2) is 12.0. The molecule has 5 rings (SSSR count). The number of carbonyl (C=O) groups is 2. The molecule has 4 atom stereocenters. The molecule has 2 aliphatic heterocycles. The van der Waals surface area contributed by atoms with Crippen LogP contribution in [0.3, 0.4) is 0 Å². The normalized spacial score (nSPS) is 25.4. The van der Waals surface area contributed by atoms with Gasteiger partial charge in [-0.15, -0.1) is 0 Å². The first-order valence-electron chi connectivity index (χ1n) is 13.8. The first kappa shape index (κ1) is 27.6. The zero-order valence-electron chi connectivity index (χ0n) is 22.5. The van der Waals surface area contributed by atoms with Crippen LogP contribution < -0.4 is 0 Å². The van der Waals surface area contributed by atoms with E-state index in [4.69, 9.17) is 13.8 Å². The van der Waals surface area contributed by atoms with E-state index >= 15 is 0 Å². The Bertz CT molecular complexity index is 1250. The number of methoxy groups -OCH3 is 1. The molecular weight excluding hydrogens is 497 g/mol. The van der Waals surface area contributed by atoms with Crippen LogP contribution in [0.4, 0.5) is 0 Å². The summed E-state index contributed by atoms with van der Waals surface area (Å²) in [6, 6.07) is 13.6. The maximum atomic E-state index is 13.4. The minimum absolute atomic E-state index is 0.105. The first-order chi connectivity index (χ1) is 18.9. The summed E-state index contributed by atoms with van der Waals surface area (Å²) < 4.78 is 17.4. The van der Waals surface area contributed by atoms with E-state index in [1.54, 1.807) is 13.2 Å². The fraction of sp³-hybridized carbons (Fsp3) is 0.467. The molecule has 9 heteroatoms. The Hall–Kier alpha value is -2.98. The Morgan fingerprint density at radius 1 is 1.15 bits per heavy atom. The second-order valence-corrected chi connectivity index (χ2v) is 10.6. The number of allylic oxidation sites excluding steroid dienone is 1. The summed E-state index contributed by atoms with van der Waals surface area (Å²) in [5, 5.41) is 20.2. The Morgan fingerprint density at radius 2 is 1.95 bits per heavy atom. The van der Waals surface area contributed by atoms with Crippen molar-refractivity contribution in [2.75, 3.05) is 20.3 Å². The van der Waals surface area contributed by atoms with E-state index in [1.165, 1.54) is 4.90 Å². The molecule has 0 radical (unpaired) electrons. The highest BCUT2D eigenvalue weighted by Crippen LogP contribution is 2.50. The summed E-state index contributed by atoms with van der Waals surface area (Å²) in [5.41, 5.74) is 4.08. The van der Waals surface area contributed by atoms with Crippen LogP contribution in [0.1, 0.15) is 49.7 Å². The van der Waals surface area contributed by atoms with Gasteiger partial charge in [0.15, 0.2) is 0 Å². The molecule has 2 N–H and O–H groups in total. The summed E-state index contributed by atoms with van der Waals surface area (Å²) in [4.78, 5) is 28.1. The fourth-order valence-corrected chi connectivity index (χ4v) is 6.55. The van der Waals surface area contributed by atoms with Gasteiger partial charge in [-0.3, -0.25) is 14.5 Å². The highest BCUT2D eigenvalue weighted by Gasteiger charge is 2.57. The van der Waals surface area contributed by atoms with Crippen molar-refractivity contribution in [1.29, 1.82) is 0 Å². The minimum Gasteiger partial charge on any atom is -0.459 e. The maximum Gasteiger partial charge on any atom is 0.455 e. The molecule has 0 spiro atoms. The van der Waals surface area contributed by atoms with E-state index in [2.05, 4.69) is 0 Å². The Morgan fingerprint density at radius 3 is 2.64 bits per heavy atom. The number of fused-ring (bicyclic) bond motifs is 3. The predicted octanol–water partition coefficient (Wildman–Crippen LogP) is 3.95. The topological polar surface area (TPSA) is 109 Å². The molecule has 1 aliphatic carbocycles. The number of amides is 2. The smallest absolute Gasteiger partial charge is 0.455 e. The molecule has 39 heavy (non-hydrogen) atoms. The van der Waals surface area contributed by atoms with Gasteiger partial charge in [-0.05, 0) is 78.4 Å². The van der Waals surface area contributed by atoms with Crippen LogP contribution in [-0.4, -0.2) is 60.3 Å². The molecule has 0 saturated carbocycles. The number of ether oxygens (including phenoxy) is 1. The molecule has 1 aromatic heterocycles. The van der Waals surface area contributed by atoms with Crippen LogP contribution in [0, 0.1) is 17.8 Å². The largest absolute Gasteiger partial charge is 0.459 e. The number of rotatable bonds is 10. The molecule has 2 fully saturated rings. The van der Waals surface area contributed by atoms with E-state index in [-0.39, 0.29) is 30.7 Å². The number of aliphatic hydroxyl groups excluding tert-OH is 1. The number of aliphatic hydroxyl groups is 1. The maximum absolute atomic E-state index is 13.4. The lowest BCUT2D eigenvalue weighted by Gasteiger charge is -2.43. The average molecular weight is 533 g/mol. The van der Waals surface area contributed by atoms with E-state index in [0.717, 1.165) is 22.3 Å². The quantitative estimate of drug-likeness (QED) is 0.271. The van der Waals surface area contributed by atoms with Gasteiger partial charge in [-0.25, -0.2) is 0 Å². The third-order valence-electron chi connectivity index (χ3n) is 8.14.